The van der Waals surface area contributed by atoms with Crippen molar-refractivity contribution in [2.75, 3.05) is 34.3 Å². The Labute approximate surface area is 184 Å². The van der Waals surface area contributed by atoms with Crippen molar-refractivity contribution < 1.29 is 14.3 Å². The van der Waals surface area contributed by atoms with Crippen molar-refractivity contribution in [2.24, 2.45) is 0 Å². The minimum absolute atomic E-state index is 0.156. The predicted molar refractivity (Wildman–Crippen MR) is 124 cm³/mol. The predicted octanol–water partition coefficient (Wildman–Crippen LogP) is 3.13. The molecule has 2 aromatic rings. The number of ether oxygens (including phenoxy) is 1. The Bertz CT molecular complexity index is 1010. The second-order valence-electron chi connectivity index (χ2n) is 8.77. The summed E-state index contributed by atoms with van der Waals surface area (Å²) >= 11 is 0. The molecule has 2 N–H and O–H groups in total. The van der Waals surface area contributed by atoms with Crippen LogP contribution in [0, 0.1) is 0 Å². The SMILES string of the molecule is COc1ccc2c(c1)/C(=C/C(=O)c1cccc(C(=O)NCCN(C)C)c1)NC(C)(C)C2. The fourth-order valence-corrected chi connectivity index (χ4v) is 3.68. The van der Waals surface area contributed by atoms with Gasteiger partial charge in [-0.1, -0.05) is 18.2 Å². The van der Waals surface area contributed by atoms with Crippen LogP contribution < -0.4 is 15.4 Å². The van der Waals surface area contributed by atoms with Crippen LogP contribution in [0.4, 0.5) is 0 Å². The van der Waals surface area contributed by atoms with E-state index in [9.17, 15) is 9.59 Å². The first-order valence-corrected chi connectivity index (χ1v) is 10.4. The Balaban J connectivity index is 1.86. The number of likely N-dealkylation sites (N-methyl/N-ethyl adjacent to an activating group) is 1. The fourth-order valence-electron chi connectivity index (χ4n) is 3.68. The van der Waals surface area contributed by atoms with E-state index in [0.29, 0.717) is 17.7 Å². The standard InChI is InChI=1S/C25H31N3O3/c1-25(2)16-19-9-10-20(31-5)14-21(19)22(27-25)15-23(29)17-7-6-8-18(13-17)24(30)26-11-12-28(3)4/h6-10,13-15,27H,11-12,16H2,1-5H3,(H,26,30)/b22-15-. The molecule has 1 heterocycles. The van der Waals surface area contributed by atoms with Crippen LogP contribution in [0.25, 0.3) is 5.70 Å². The molecule has 0 saturated carbocycles. The van der Waals surface area contributed by atoms with Gasteiger partial charge in [-0.3, -0.25) is 9.59 Å². The monoisotopic (exact) mass is 421 g/mol. The van der Waals surface area contributed by atoms with E-state index in [1.165, 1.54) is 0 Å². The fraction of sp³-hybridized carbons (Fsp3) is 0.360. The highest BCUT2D eigenvalue weighted by molar-refractivity contribution is 6.10. The van der Waals surface area contributed by atoms with Crippen LogP contribution in [0.1, 0.15) is 45.7 Å². The van der Waals surface area contributed by atoms with Crippen molar-refractivity contribution in [3.8, 4) is 5.75 Å². The van der Waals surface area contributed by atoms with Crippen molar-refractivity contribution in [1.29, 1.82) is 0 Å². The first-order chi connectivity index (χ1) is 14.7. The summed E-state index contributed by atoms with van der Waals surface area (Å²) < 4.78 is 5.37. The molecule has 1 aliphatic rings. The second kappa shape index (κ2) is 9.35. The minimum atomic E-state index is -0.184. The van der Waals surface area contributed by atoms with Crippen LogP contribution >= 0.6 is 0 Å². The van der Waals surface area contributed by atoms with Gasteiger partial charge in [-0.05, 0) is 64.2 Å². The molecular weight excluding hydrogens is 390 g/mol. The number of methoxy groups -OCH3 is 1. The summed E-state index contributed by atoms with van der Waals surface area (Å²) in [5.41, 5.74) is 3.66. The van der Waals surface area contributed by atoms with E-state index in [-0.39, 0.29) is 17.2 Å². The molecule has 6 nitrogen and oxygen atoms in total. The summed E-state index contributed by atoms with van der Waals surface area (Å²) in [6, 6.07) is 12.8. The number of rotatable bonds is 7. The van der Waals surface area contributed by atoms with Gasteiger partial charge in [-0.2, -0.15) is 0 Å². The summed E-state index contributed by atoms with van der Waals surface area (Å²) in [7, 11) is 5.53. The van der Waals surface area contributed by atoms with Gasteiger partial charge in [0, 0.05) is 47.1 Å². The van der Waals surface area contributed by atoms with Crippen molar-refractivity contribution in [3.05, 3.63) is 70.8 Å². The molecular formula is C25H31N3O3. The average Bonchev–Trinajstić information content (AvgIpc) is 2.72. The number of hydrogen-bond acceptors (Lipinski definition) is 5. The zero-order valence-corrected chi connectivity index (χ0v) is 18.9. The number of carbonyl (C=O) groups is 2. The molecule has 0 aromatic heterocycles. The van der Waals surface area contributed by atoms with E-state index in [0.717, 1.165) is 35.5 Å². The zero-order chi connectivity index (χ0) is 22.6. The lowest BCUT2D eigenvalue weighted by Crippen LogP contribution is -2.43. The number of hydrogen-bond donors (Lipinski definition) is 2. The molecule has 0 unspecified atom stereocenters. The van der Waals surface area contributed by atoms with Crippen LogP contribution in [0.3, 0.4) is 0 Å². The third-order valence-electron chi connectivity index (χ3n) is 5.24. The lowest BCUT2D eigenvalue weighted by atomic mass is 9.85. The van der Waals surface area contributed by atoms with Gasteiger partial charge in [0.1, 0.15) is 5.75 Å². The highest BCUT2D eigenvalue weighted by Crippen LogP contribution is 2.32. The lowest BCUT2D eigenvalue weighted by Gasteiger charge is -2.35. The van der Waals surface area contributed by atoms with Crippen molar-refractivity contribution in [3.63, 3.8) is 0 Å². The maximum Gasteiger partial charge on any atom is 0.251 e. The number of nitrogens with one attached hydrogen (secondary N) is 2. The number of ketones is 1. The maximum atomic E-state index is 13.1. The highest BCUT2D eigenvalue weighted by Gasteiger charge is 2.28. The van der Waals surface area contributed by atoms with E-state index < -0.39 is 0 Å². The quantitative estimate of drug-likeness (QED) is 0.531. The Hall–Kier alpha value is -3.12. The Kier molecular flexibility index (Phi) is 6.81. The van der Waals surface area contributed by atoms with Gasteiger partial charge in [0.25, 0.3) is 5.91 Å². The van der Waals surface area contributed by atoms with Gasteiger partial charge in [0.05, 0.1) is 7.11 Å². The first kappa shape index (κ1) is 22.6. The Morgan fingerprint density at radius 3 is 2.61 bits per heavy atom. The van der Waals surface area contributed by atoms with Crippen LogP contribution in [-0.2, 0) is 6.42 Å². The number of benzene rings is 2. The molecule has 0 atom stereocenters. The Morgan fingerprint density at radius 1 is 1.16 bits per heavy atom. The smallest absolute Gasteiger partial charge is 0.251 e. The second-order valence-corrected chi connectivity index (χ2v) is 8.77. The van der Waals surface area contributed by atoms with Gasteiger partial charge in [-0.15, -0.1) is 0 Å². The number of nitrogens with zero attached hydrogens (tertiary/aromatic N) is 1. The topological polar surface area (TPSA) is 70.7 Å². The molecule has 6 heteroatoms. The van der Waals surface area contributed by atoms with E-state index in [4.69, 9.17) is 4.74 Å². The summed E-state index contributed by atoms with van der Waals surface area (Å²) in [6.45, 7) is 5.51. The summed E-state index contributed by atoms with van der Waals surface area (Å²) in [5.74, 6) is 0.406. The molecule has 0 fully saturated rings. The molecule has 164 valence electrons. The van der Waals surface area contributed by atoms with Gasteiger partial charge in [-0.25, -0.2) is 0 Å². The van der Waals surface area contributed by atoms with Crippen molar-refractivity contribution in [1.82, 2.24) is 15.5 Å². The lowest BCUT2D eigenvalue weighted by molar-refractivity contribution is 0.0951. The summed E-state index contributed by atoms with van der Waals surface area (Å²) in [5, 5.41) is 6.36. The van der Waals surface area contributed by atoms with Gasteiger partial charge in [0.2, 0.25) is 0 Å². The molecule has 0 aliphatic carbocycles. The molecule has 0 bridgehead atoms. The van der Waals surface area contributed by atoms with Crippen LogP contribution in [0.5, 0.6) is 5.75 Å². The van der Waals surface area contributed by atoms with Crippen LogP contribution in [0.15, 0.2) is 48.5 Å². The van der Waals surface area contributed by atoms with E-state index in [1.54, 1.807) is 37.5 Å². The van der Waals surface area contributed by atoms with Gasteiger partial charge >= 0.3 is 0 Å². The molecule has 3 rings (SSSR count). The van der Waals surface area contributed by atoms with Crippen molar-refractivity contribution >= 4 is 17.4 Å². The highest BCUT2D eigenvalue weighted by atomic mass is 16.5. The molecule has 31 heavy (non-hydrogen) atoms. The number of carbonyl (C=O) groups excluding carboxylic acids is 2. The molecule has 0 spiro atoms. The molecule has 1 amide bonds. The minimum Gasteiger partial charge on any atom is -0.497 e. The largest absolute Gasteiger partial charge is 0.497 e. The van der Waals surface area contributed by atoms with Gasteiger partial charge in [0.15, 0.2) is 5.78 Å². The zero-order valence-electron chi connectivity index (χ0n) is 18.9. The van der Waals surface area contributed by atoms with Crippen LogP contribution in [0.2, 0.25) is 0 Å². The average molecular weight is 422 g/mol. The maximum absolute atomic E-state index is 13.1. The number of fused-ring (bicyclic) bond motifs is 1. The molecule has 1 aliphatic heterocycles. The summed E-state index contributed by atoms with van der Waals surface area (Å²) in [6.07, 6.45) is 2.46. The molecule has 2 aromatic carbocycles. The first-order valence-electron chi connectivity index (χ1n) is 10.4. The van der Waals surface area contributed by atoms with Gasteiger partial charge < -0.3 is 20.3 Å². The van der Waals surface area contributed by atoms with E-state index in [2.05, 4.69) is 24.5 Å². The van der Waals surface area contributed by atoms with Crippen molar-refractivity contribution in [2.45, 2.75) is 25.8 Å². The summed E-state index contributed by atoms with van der Waals surface area (Å²) in [4.78, 5) is 27.5. The van der Waals surface area contributed by atoms with E-state index >= 15 is 0 Å². The Morgan fingerprint density at radius 2 is 1.90 bits per heavy atom. The normalized spacial score (nSPS) is 15.9. The van der Waals surface area contributed by atoms with Crippen LogP contribution in [-0.4, -0.2) is 56.4 Å². The molecule has 0 saturated heterocycles. The third kappa shape index (κ3) is 5.73. The van der Waals surface area contributed by atoms with E-state index in [1.807, 2.05) is 37.2 Å². The number of allylic oxidation sites excluding steroid dienone is 1. The number of amides is 1. The third-order valence-corrected chi connectivity index (χ3v) is 5.24. The molecule has 0 radical (unpaired) electrons.